The zero-order valence-corrected chi connectivity index (χ0v) is 15.5. The van der Waals surface area contributed by atoms with E-state index < -0.39 is 0 Å². The number of carbonyl (C=O) groups excluding carboxylic acids is 1. The third-order valence-electron chi connectivity index (χ3n) is 4.32. The van der Waals surface area contributed by atoms with Crippen LogP contribution in [0.3, 0.4) is 0 Å². The Morgan fingerprint density at radius 1 is 1.17 bits per heavy atom. The average molecular weight is 387 g/mol. The van der Waals surface area contributed by atoms with E-state index in [-0.39, 0.29) is 11.7 Å². The van der Waals surface area contributed by atoms with Crippen LogP contribution in [-0.2, 0) is 0 Å². The number of nitrogens with zero attached hydrogens (tertiary/aromatic N) is 2. The molecule has 2 aromatic carbocycles. The maximum absolute atomic E-state index is 12.8. The lowest BCUT2D eigenvalue weighted by molar-refractivity contribution is 0.0956. The van der Waals surface area contributed by atoms with Crippen molar-refractivity contribution >= 4 is 23.0 Å². The predicted molar refractivity (Wildman–Crippen MR) is 109 cm³/mol. The molecule has 1 amide bonds. The largest absolute Gasteiger partial charge is 0.504 e. The number of phenols is 1. The average Bonchev–Trinajstić information content (AvgIpc) is 3.28. The molecule has 4 rings (SSSR count). The first-order valence-electron chi connectivity index (χ1n) is 8.80. The molecule has 0 aliphatic carbocycles. The highest BCUT2D eigenvalue weighted by Gasteiger charge is 2.14. The summed E-state index contributed by atoms with van der Waals surface area (Å²) in [4.78, 5) is 17.3. The molecule has 2 N–H and O–H groups in total. The molecule has 0 fully saturated rings. The van der Waals surface area contributed by atoms with Crippen LogP contribution in [0.2, 0.25) is 0 Å². The minimum atomic E-state index is -0.384. The smallest absolute Gasteiger partial charge is 0.272 e. The number of aromatic hydroxyl groups is 1. The van der Waals surface area contributed by atoms with E-state index >= 15 is 0 Å². The van der Waals surface area contributed by atoms with Crippen molar-refractivity contribution in [2.24, 2.45) is 5.10 Å². The van der Waals surface area contributed by atoms with Gasteiger partial charge in [0.1, 0.15) is 5.69 Å². The van der Waals surface area contributed by atoms with E-state index in [4.69, 9.17) is 9.15 Å². The van der Waals surface area contributed by atoms with Crippen molar-refractivity contribution in [2.75, 3.05) is 7.11 Å². The molecule has 0 aliphatic heterocycles. The van der Waals surface area contributed by atoms with Gasteiger partial charge in [-0.25, -0.2) is 10.4 Å². The second kappa shape index (κ2) is 7.85. The van der Waals surface area contributed by atoms with Crippen molar-refractivity contribution in [1.29, 1.82) is 0 Å². The van der Waals surface area contributed by atoms with Gasteiger partial charge in [0.15, 0.2) is 17.3 Å². The van der Waals surface area contributed by atoms with Crippen molar-refractivity contribution in [3.63, 3.8) is 0 Å². The fourth-order valence-corrected chi connectivity index (χ4v) is 2.93. The number of furan rings is 1. The first kappa shape index (κ1) is 18.2. The molecule has 0 spiro atoms. The molecule has 144 valence electrons. The molecule has 0 atom stereocenters. The number of fused-ring (bicyclic) bond motifs is 1. The summed E-state index contributed by atoms with van der Waals surface area (Å²) in [6.45, 7) is 0. The number of pyridine rings is 1. The van der Waals surface area contributed by atoms with Crippen molar-refractivity contribution in [2.45, 2.75) is 0 Å². The van der Waals surface area contributed by atoms with Crippen LogP contribution < -0.4 is 10.2 Å². The SMILES string of the molecule is COc1ccc(/C=N\NC(=O)c2cc(-c3ccco3)nc3ccccc23)cc1O. The third kappa shape index (κ3) is 3.79. The summed E-state index contributed by atoms with van der Waals surface area (Å²) >= 11 is 0. The molecule has 0 saturated heterocycles. The number of nitrogens with one attached hydrogen (secondary N) is 1. The van der Waals surface area contributed by atoms with Gasteiger partial charge >= 0.3 is 0 Å². The number of benzene rings is 2. The fraction of sp³-hybridized carbons (Fsp3) is 0.0455. The number of hydrogen-bond acceptors (Lipinski definition) is 6. The van der Waals surface area contributed by atoms with Crippen molar-refractivity contribution in [1.82, 2.24) is 10.4 Å². The molecule has 7 nitrogen and oxygen atoms in total. The molecule has 4 aromatic rings. The Labute approximate surface area is 166 Å². The molecule has 2 heterocycles. The first-order valence-corrected chi connectivity index (χ1v) is 8.80. The summed E-state index contributed by atoms with van der Waals surface area (Å²) in [5, 5.41) is 14.5. The number of aromatic nitrogens is 1. The first-order chi connectivity index (χ1) is 14.2. The van der Waals surface area contributed by atoms with E-state index in [9.17, 15) is 9.90 Å². The Morgan fingerprint density at radius 3 is 2.79 bits per heavy atom. The van der Waals surface area contributed by atoms with E-state index in [0.717, 1.165) is 0 Å². The minimum absolute atomic E-state index is 0.00834. The summed E-state index contributed by atoms with van der Waals surface area (Å²) in [7, 11) is 1.47. The molecule has 0 bridgehead atoms. The van der Waals surface area contributed by atoms with Crippen LogP contribution in [0.25, 0.3) is 22.4 Å². The van der Waals surface area contributed by atoms with E-state index in [1.807, 2.05) is 24.3 Å². The molecule has 0 radical (unpaired) electrons. The highest BCUT2D eigenvalue weighted by Crippen LogP contribution is 2.26. The standard InChI is InChI=1S/C22H17N3O4/c1-28-21-9-8-14(11-19(21)26)13-23-25-22(27)16-12-18(20-7-4-10-29-20)24-17-6-3-2-5-15(16)17/h2-13,26H,1H3,(H,25,27)/b23-13-. The van der Waals surface area contributed by atoms with Gasteiger partial charge in [0, 0.05) is 5.39 Å². The normalized spacial score (nSPS) is 11.1. The molecule has 0 saturated carbocycles. The summed E-state index contributed by atoms with van der Waals surface area (Å²) < 4.78 is 10.4. The van der Waals surface area contributed by atoms with Crippen molar-refractivity contribution in [3.05, 3.63) is 78.1 Å². The van der Waals surface area contributed by atoms with Gasteiger partial charge in [-0.05, 0) is 48.0 Å². The number of hydrazone groups is 1. The monoisotopic (exact) mass is 387 g/mol. The number of amides is 1. The maximum Gasteiger partial charge on any atom is 0.272 e. The summed E-state index contributed by atoms with van der Waals surface area (Å²) in [5.41, 5.74) is 4.79. The minimum Gasteiger partial charge on any atom is -0.504 e. The maximum atomic E-state index is 12.8. The van der Waals surface area contributed by atoms with E-state index in [2.05, 4.69) is 15.5 Å². The summed E-state index contributed by atoms with van der Waals surface area (Å²) in [6.07, 6.45) is 2.99. The van der Waals surface area contributed by atoms with Crippen LogP contribution in [0, 0.1) is 0 Å². The molecule has 0 aliphatic rings. The Balaban J connectivity index is 1.62. The Kier molecular flexibility index (Phi) is 4.94. The molecule has 7 heteroatoms. The van der Waals surface area contributed by atoms with Gasteiger partial charge < -0.3 is 14.3 Å². The molecule has 0 unspecified atom stereocenters. The lowest BCUT2D eigenvalue weighted by Gasteiger charge is -2.07. The number of rotatable bonds is 5. The second-order valence-electron chi connectivity index (χ2n) is 6.18. The van der Waals surface area contributed by atoms with Crippen LogP contribution in [0.1, 0.15) is 15.9 Å². The molecular weight excluding hydrogens is 370 g/mol. The second-order valence-corrected chi connectivity index (χ2v) is 6.18. The van der Waals surface area contributed by atoms with Crippen LogP contribution in [-0.4, -0.2) is 29.3 Å². The highest BCUT2D eigenvalue weighted by atomic mass is 16.5. The Bertz CT molecular complexity index is 1200. The van der Waals surface area contributed by atoms with Gasteiger partial charge in [-0.15, -0.1) is 0 Å². The summed E-state index contributed by atoms with van der Waals surface area (Å²) in [5.74, 6) is 0.540. The van der Waals surface area contributed by atoms with Crippen LogP contribution in [0.15, 0.2) is 76.4 Å². The van der Waals surface area contributed by atoms with Crippen molar-refractivity contribution < 1.29 is 19.1 Å². The van der Waals surface area contributed by atoms with Gasteiger partial charge in [-0.2, -0.15) is 5.10 Å². The lowest BCUT2D eigenvalue weighted by atomic mass is 10.1. The third-order valence-corrected chi connectivity index (χ3v) is 4.32. The number of ether oxygens (including phenoxy) is 1. The number of methoxy groups -OCH3 is 1. The van der Waals surface area contributed by atoms with Gasteiger partial charge in [0.2, 0.25) is 0 Å². The topological polar surface area (TPSA) is 97.0 Å². The van der Waals surface area contributed by atoms with E-state index in [1.165, 1.54) is 19.4 Å². The highest BCUT2D eigenvalue weighted by molar-refractivity contribution is 6.07. The van der Waals surface area contributed by atoms with Gasteiger partial charge in [-0.1, -0.05) is 18.2 Å². The number of phenolic OH excluding ortho intramolecular Hbond substituents is 1. The quantitative estimate of drug-likeness (QED) is 0.399. The van der Waals surface area contributed by atoms with Crippen LogP contribution in [0.5, 0.6) is 11.5 Å². The Hall–Kier alpha value is -4.13. The van der Waals surface area contributed by atoms with Gasteiger partial charge in [-0.3, -0.25) is 4.79 Å². The lowest BCUT2D eigenvalue weighted by Crippen LogP contribution is -2.18. The zero-order chi connectivity index (χ0) is 20.2. The number of hydrogen-bond donors (Lipinski definition) is 2. The molecule has 29 heavy (non-hydrogen) atoms. The van der Waals surface area contributed by atoms with Crippen LogP contribution in [0.4, 0.5) is 0 Å². The fourth-order valence-electron chi connectivity index (χ4n) is 2.93. The molecular formula is C22H17N3O4. The zero-order valence-electron chi connectivity index (χ0n) is 15.5. The summed E-state index contributed by atoms with van der Waals surface area (Å²) in [6, 6.07) is 17.4. The molecule has 2 aromatic heterocycles. The predicted octanol–water partition coefficient (Wildman–Crippen LogP) is 3.97. The van der Waals surface area contributed by atoms with Gasteiger partial charge in [0.25, 0.3) is 5.91 Å². The number of carbonyl (C=O) groups is 1. The van der Waals surface area contributed by atoms with E-state index in [1.54, 1.807) is 36.6 Å². The van der Waals surface area contributed by atoms with E-state index in [0.29, 0.717) is 39.2 Å². The van der Waals surface area contributed by atoms with Crippen molar-refractivity contribution in [3.8, 4) is 23.0 Å². The number of para-hydroxylation sites is 1. The van der Waals surface area contributed by atoms with Crippen LogP contribution >= 0.6 is 0 Å². The Morgan fingerprint density at radius 2 is 2.03 bits per heavy atom. The van der Waals surface area contributed by atoms with Gasteiger partial charge in [0.05, 0.1) is 30.7 Å².